The number of hydrogen-bond donors (Lipinski definition) is 0. The van der Waals surface area contributed by atoms with Crippen LogP contribution in [0.15, 0.2) is 24.3 Å². The SMILES string of the molecule is CCCN(CCC)CC(=O)N1CCC2(CCN(C(=O)c3ccc(OCC)cc3)CC2)C1. The predicted molar refractivity (Wildman–Crippen MR) is 123 cm³/mol. The summed E-state index contributed by atoms with van der Waals surface area (Å²) in [6.45, 7) is 12.7. The average molecular weight is 430 g/mol. The monoisotopic (exact) mass is 429 g/mol. The van der Waals surface area contributed by atoms with Crippen molar-refractivity contribution in [2.75, 3.05) is 52.4 Å². The van der Waals surface area contributed by atoms with Crippen LogP contribution in [0.4, 0.5) is 0 Å². The van der Waals surface area contributed by atoms with Gasteiger partial charge in [0, 0.05) is 31.7 Å². The molecular weight excluding hydrogens is 390 g/mol. The van der Waals surface area contributed by atoms with Crippen LogP contribution in [0.1, 0.15) is 63.2 Å². The Hall–Kier alpha value is -2.08. The van der Waals surface area contributed by atoms with E-state index < -0.39 is 0 Å². The van der Waals surface area contributed by atoms with Gasteiger partial charge in [-0.2, -0.15) is 0 Å². The summed E-state index contributed by atoms with van der Waals surface area (Å²) >= 11 is 0. The van der Waals surface area contributed by atoms with Crippen LogP contribution in [-0.2, 0) is 4.79 Å². The van der Waals surface area contributed by atoms with Gasteiger partial charge in [0.15, 0.2) is 0 Å². The lowest BCUT2D eigenvalue weighted by molar-refractivity contribution is -0.132. The van der Waals surface area contributed by atoms with Crippen LogP contribution in [0, 0.1) is 5.41 Å². The molecular formula is C25H39N3O3. The number of carbonyl (C=O) groups excluding carboxylic acids is 2. The van der Waals surface area contributed by atoms with Crippen molar-refractivity contribution in [3.63, 3.8) is 0 Å². The highest BCUT2D eigenvalue weighted by molar-refractivity contribution is 5.94. The summed E-state index contributed by atoms with van der Waals surface area (Å²) in [6, 6.07) is 7.43. The molecule has 0 bridgehead atoms. The quantitative estimate of drug-likeness (QED) is 0.601. The van der Waals surface area contributed by atoms with E-state index in [1.807, 2.05) is 36.1 Å². The van der Waals surface area contributed by atoms with E-state index in [-0.39, 0.29) is 17.2 Å². The van der Waals surface area contributed by atoms with E-state index in [2.05, 4.69) is 23.6 Å². The molecule has 3 rings (SSSR count). The highest BCUT2D eigenvalue weighted by Crippen LogP contribution is 2.40. The molecule has 6 nitrogen and oxygen atoms in total. The van der Waals surface area contributed by atoms with Gasteiger partial charge in [0.25, 0.3) is 5.91 Å². The second-order valence-electron chi connectivity index (χ2n) is 9.09. The molecule has 6 heteroatoms. The maximum absolute atomic E-state index is 12.9. The Morgan fingerprint density at radius 3 is 2.06 bits per heavy atom. The van der Waals surface area contributed by atoms with Gasteiger partial charge in [0.05, 0.1) is 13.2 Å². The number of likely N-dealkylation sites (tertiary alicyclic amines) is 2. The van der Waals surface area contributed by atoms with Crippen LogP contribution in [0.2, 0.25) is 0 Å². The highest BCUT2D eigenvalue weighted by atomic mass is 16.5. The third-order valence-electron chi connectivity index (χ3n) is 6.75. The summed E-state index contributed by atoms with van der Waals surface area (Å²) in [4.78, 5) is 32.1. The molecule has 2 aliphatic heterocycles. The molecule has 1 spiro atoms. The van der Waals surface area contributed by atoms with E-state index in [0.717, 1.165) is 82.7 Å². The maximum Gasteiger partial charge on any atom is 0.253 e. The van der Waals surface area contributed by atoms with Crippen molar-refractivity contribution in [3.8, 4) is 5.75 Å². The Bertz CT molecular complexity index is 720. The van der Waals surface area contributed by atoms with Gasteiger partial charge >= 0.3 is 0 Å². The normalized spacial score (nSPS) is 18.1. The summed E-state index contributed by atoms with van der Waals surface area (Å²) in [5.41, 5.74) is 0.903. The van der Waals surface area contributed by atoms with Crippen molar-refractivity contribution >= 4 is 11.8 Å². The summed E-state index contributed by atoms with van der Waals surface area (Å²) in [7, 11) is 0. The lowest BCUT2D eigenvalue weighted by Gasteiger charge is -2.39. The number of benzene rings is 1. The molecule has 0 unspecified atom stereocenters. The number of rotatable bonds is 9. The molecule has 0 saturated carbocycles. The Balaban J connectivity index is 1.50. The number of amides is 2. The molecule has 31 heavy (non-hydrogen) atoms. The summed E-state index contributed by atoms with van der Waals surface area (Å²) < 4.78 is 5.47. The first-order valence-electron chi connectivity index (χ1n) is 12.0. The zero-order valence-electron chi connectivity index (χ0n) is 19.6. The molecule has 2 heterocycles. The van der Waals surface area contributed by atoms with Crippen LogP contribution in [0.5, 0.6) is 5.75 Å². The zero-order chi connectivity index (χ0) is 22.3. The smallest absolute Gasteiger partial charge is 0.253 e. The van der Waals surface area contributed by atoms with Gasteiger partial charge in [0.1, 0.15) is 5.75 Å². The second-order valence-corrected chi connectivity index (χ2v) is 9.09. The van der Waals surface area contributed by atoms with E-state index >= 15 is 0 Å². The molecule has 1 aromatic rings. The first-order chi connectivity index (χ1) is 15.0. The first-order valence-corrected chi connectivity index (χ1v) is 12.0. The predicted octanol–water partition coefficient (Wildman–Crippen LogP) is 3.66. The Kier molecular flexibility index (Phi) is 8.35. The molecule has 1 aromatic carbocycles. The second kappa shape index (κ2) is 11.0. The van der Waals surface area contributed by atoms with Crippen molar-refractivity contribution < 1.29 is 14.3 Å². The zero-order valence-corrected chi connectivity index (χ0v) is 19.6. The Morgan fingerprint density at radius 1 is 0.935 bits per heavy atom. The number of piperidine rings is 1. The van der Waals surface area contributed by atoms with Gasteiger partial charge in [-0.05, 0) is 81.8 Å². The first kappa shape index (κ1) is 23.6. The number of nitrogens with zero attached hydrogens (tertiary/aromatic N) is 3. The van der Waals surface area contributed by atoms with Crippen molar-refractivity contribution in [1.82, 2.24) is 14.7 Å². The molecule has 2 amide bonds. The average Bonchev–Trinajstić information content (AvgIpc) is 3.19. The third-order valence-corrected chi connectivity index (χ3v) is 6.75. The molecule has 0 radical (unpaired) electrons. The van der Waals surface area contributed by atoms with Crippen LogP contribution in [-0.4, -0.2) is 78.9 Å². The van der Waals surface area contributed by atoms with Gasteiger partial charge < -0.3 is 14.5 Å². The van der Waals surface area contributed by atoms with E-state index in [1.54, 1.807) is 0 Å². The maximum atomic E-state index is 12.9. The largest absolute Gasteiger partial charge is 0.494 e. The third kappa shape index (κ3) is 6.00. The van der Waals surface area contributed by atoms with Gasteiger partial charge in [-0.3, -0.25) is 14.5 Å². The molecule has 2 fully saturated rings. The molecule has 0 aromatic heterocycles. The summed E-state index contributed by atoms with van der Waals surface area (Å²) in [6.07, 6.45) is 5.18. The standard InChI is InChI=1S/C25H39N3O3/c1-4-14-26(15-5-2)19-23(29)28-18-13-25(20-28)11-16-27(17-12-25)24(30)21-7-9-22(10-8-21)31-6-3/h7-10H,4-6,11-20H2,1-3H3. The highest BCUT2D eigenvalue weighted by Gasteiger charge is 2.42. The van der Waals surface area contributed by atoms with E-state index in [9.17, 15) is 9.59 Å². The topological polar surface area (TPSA) is 53.1 Å². The minimum atomic E-state index is 0.0959. The molecule has 2 aliphatic rings. The van der Waals surface area contributed by atoms with Crippen molar-refractivity contribution in [2.24, 2.45) is 5.41 Å². The summed E-state index contributed by atoms with van der Waals surface area (Å²) in [5.74, 6) is 1.16. The van der Waals surface area contributed by atoms with Crippen molar-refractivity contribution in [1.29, 1.82) is 0 Å². The molecule has 2 saturated heterocycles. The van der Waals surface area contributed by atoms with Gasteiger partial charge in [-0.25, -0.2) is 0 Å². The molecule has 0 atom stereocenters. The fourth-order valence-corrected chi connectivity index (χ4v) is 4.98. The number of carbonyl (C=O) groups is 2. The van der Waals surface area contributed by atoms with Crippen molar-refractivity contribution in [3.05, 3.63) is 29.8 Å². The molecule has 0 aliphatic carbocycles. The minimum absolute atomic E-state index is 0.0959. The van der Waals surface area contributed by atoms with Gasteiger partial charge in [-0.1, -0.05) is 13.8 Å². The van der Waals surface area contributed by atoms with E-state index in [4.69, 9.17) is 4.74 Å². The Morgan fingerprint density at radius 2 is 1.52 bits per heavy atom. The van der Waals surface area contributed by atoms with Gasteiger partial charge in [-0.15, -0.1) is 0 Å². The van der Waals surface area contributed by atoms with E-state index in [0.29, 0.717) is 13.2 Å². The Labute approximate surface area is 187 Å². The summed E-state index contributed by atoms with van der Waals surface area (Å²) in [5, 5.41) is 0. The number of hydrogen-bond acceptors (Lipinski definition) is 4. The van der Waals surface area contributed by atoms with E-state index in [1.165, 1.54) is 0 Å². The lowest BCUT2D eigenvalue weighted by atomic mass is 9.77. The fraction of sp³-hybridized carbons (Fsp3) is 0.680. The van der Waals surface area contributed by atoms with Crippen LogP contribution >= 0.6 is 0 Å². The van der Waals surface area contributed by atoms with Gasteiger partial charge in [0.2, 0.25) is 5.91 Å². The number of ether oxygens (including phenoxy) is 1. The van der Waals surface area contributed by atoms with Crippen LogP contribution < -0.4 is 4.74 Å². The lowest BCUT2D eigenvalue weighted by Crippen LogP contribution is -2.45. The fourth-order valence-electron chi connectivity index (χ4n) is 4.98. The molecule has 172 valence electrons. The molecule has 0 N–H and O–H groups in total. The van der Waals surface area contributed by atoms with Crippen molar-refractivity contribution in [2.45, 2.75) is 52.9 Å². The van der Waals surface area contributed by atoms with Crippen LogP contribution in [0.3, 0.4) is 0 Å². The van der Waals surface area contributed by atoms with Crippen LogP contribution in [0.25, 0.3) is 0 Å². The minimum Gasteiger partial charge on any atom is -0.494 e.